The third kappa shape index (κ3) is 6.66. The number of carbonyl (C=O) groups excluding carboxylic acids is 1. The van der Waals surface area contributed by atoms with Crippen LogP contribution in [0, 0.1) is 0 Å². The molecule has 0 aliphatic carbocycles. The molecule has 2 aromatic carbocycles. The SMILES string of the molecule is COc1ccc(SCCCC(=O)N(CCN2CCOCC2)c2nc3c(SC)cccc3s2)cc1. The van der Waals surface area contributed by atoms with E-state index in [4.69, 9.17) is 14.5 Å². The van der Waals surface area contributed by atoms with Gasteiger partial charge in [-0.2, -0.15) is 0 Å². The first kappa shape index (κ1) is 25.3. The molecular formula is C25H31N3O3S3. The van der Waals surface area contributed by atoms with Crippen molar-refractivity contribution in [2.45, 2.75) is 22.6 Å². The van der Waals surface area contributed by atoms with Crippen molar-refractivity contribution < 1.29 is 14.3 Å². The van der Waals surface area contributed by atoms with Crippen molar-refractivity contribution in [3.63, 3.8) is 0 Å². The lowest BCUT2D eigenvalue weighted by atomic mass is 10.3. The van der Waals surface area contributed by atoms with Crippen LogP contribution in [-0.2, 0) is 9.53 Å². The molecule has 4 rings (SSSR count). The quantitative estimate of drug-likeness (QED) is 0.254. The standard InChI is InChI=1S/C25H31N3O3S3/c1-30-19-8-10-20(11-9-19)33-18-4-7-23(29)28(13-12-27-14-16-31-17-15-27)25-26-24-21(32-2)5-3-6-22(24)34-25/h3,5-6,8-11H,4,7,12-18H2,1-2H3. The van der Waals surface area contributed by atoms with Crippen LogP contribution >= 0.6 is 34.9 Å². The summed E-state index contributed by atoms with van der Waals surface area (Å²) in [6.07, 6.45) is 3.40. The summed E-state index contributed by atoms with van der Waals surface area (Å²) in [6, 6.07) is 14.3. The van der Waals surface area contributed by atoms with Crippen molar-refractivity contribution in [2.75, 3.05) is 63.4 Å². The lowest BCUT2D eigenvalue weighted by Crippen LogP contribution is -2.43. The third-order valence-electron chi connectivity index (χ3n) is 5.73. The van der Waals surface area contributed by atoms with Gasteiger partial charge >= 0.3 is 0 Å². The Labute approximate surface area is 214 Å². The molecule has 182 valence electrons. The molecular weight excluding hydrogens is 486 g/mol. The highest BCUT2D eigenvalue weighted by molar-refractivity contribution is 7.99. The number of hydrogen-bond acceptors (Lipinski definition) is 8. The van der Waals surface area contributed by atoms with Crippen molar-refractivity contribution in [1.29, 1.82) is 0 Å². The van der Waals surface area contributed by atoms with Gasteiger partial charge in [0.05, 0.1) is 30.5 Å². The normalized spacial score (nSPS) is 14.4. The van der Waals surface area contributed by atoms with Gasteiger partial charge in [0.15, 0.2) is 5.13 Å². The fourth-order valence-electron chi connectivity index (χ4n) is 3.81. The molecule has 3 aromatic rings. The van der Waals surface area contributed by atoms with Gasteiger partial charge in [-0.1, -0.05) is 17.4 Å². The summed E-state index contributed by atoms with van der Waals surface area (Å²) < 4.78 is 11.8. The molecule has 1 aliphatic heterocycles. The molecule has 0 spiro atoms. The molecule has 0 bridgehead atoms. The van der Waals surface area contributed by atoms with Crippen LogP contribution in [0.4, 0.5) is 5.13 Å². The minimum absolute atomic E-state index is 0.147. The number of para-hydroxylation sites is 1. The molecule has 2 heterocycles. The molecule has 1 amide bonds. The third-order valence-corrected chi connectivity index (χ3v) is 8.64. The number of thiazole rings is 1. The Morgan fingerprint density at radius 2 is 2.00 bits per heavy atom. The second kappa shape index (κ2) is 12.8. The first-order valence-electron chi connectivity index (χ1n) is 11.5. The van der Waals surface area contributed by atoms with E-state index in [1.54, 1.807) is 42.0 Å². The van der Waals surface area contributed by atoms with Crippen molar-refractivity contribution in [2.24, 2.45) is 0 Å². The largest absolute Gasteiger partial charge is 0.497 e. The van der Waals surface area contributed by atoms with Gasteiger partial charge in [0.2, 0.25) is 5.91 Å². The average Bonchev–Trinajstić information content (AvgIpc) is 3.32. The Morgan fingerprint density at radius 3 is 2.74 bits per heavy atom. The molecule has 0 unspecified atom stereocenters. The van der Waals surface area contributed by atoms with Crippen molar-refractivity contribution in [1.82, 2.24) is 9.88 Å². The van der Waals surface area contributed by atoms with E-state index in [0.717, 1.165) is 71.0 Å². The van der Waals surface area contributed by atoms with Gasteiger partial charge in [0.1, 0.15) is 5.75 Å². The van der Waals surface area contributed by atoms with Crippen LogP contribution in [0.15, 0.2) is 52.3 Å². The van der Waals surface area contributed by atoms with E-state index < -0.39 is 0 Å². The maximum absolute atomic E-state index is 13.4. The Bertz CT molecular complexity index is 1070. The summed E-state index contributed by atoms with van der Waals surface area (Å²) in [6.45, 7) is 4.83. The molecule has 0 saturated carbocycles. The van der Waals surface area contributed by atoms with E-state index in [9.17, 15) is 4.79 Å². The zero-order valence-corrected chi connectivity index (χ0v) is 22.1. The summed E-state index contributed by atoms with van der Waals surface area (Å²) in [7, 11) is 1.67. The average molecular weight is 518 g/mol. The van der Waals surface area contributed by atoms with Gasteiger partial charge in [-0.25, -0.2) is 4.98 Å². The number of hydrogen-bond donors (Lipinski definition) is 0. The summed E-state index contributed by atoms with van der Waals surface area (Å²) in [4.78, 5) is 24.9. The Kier molecular flexibility index (Phi) is 9.52. The van der Waals surface area contributed by atoms with Gasteiger partial charge in [-0.05, 0) is 54.8 Å². The number of nitrogens with zero attached hydrogens (tertiary/aromatic N) is 3. The van der Waals surface area contributed by atoms with E-state index in [0.29, 0.717) is 13.0 Å². The van der Waals surface area contributed by atoms with E-state index >= 15 is 0 Å². The molecule has 6 nitrogen and oxygen atoms in total. The highest BCUT2D eigenvalue weighted by Crippen LogP contribution is 2.34. The fraction of sp³-hybridized carbons (Fsp3) is 0.440. The Morgan fingerprint density at radius 1 is 1.21 bits per heavy atom. The molecule has 1 saturated heterocycles. The number of aromatic nitrogens is 1. The molecule has 34 heavy (non-hydrogen) atoms. The van der Waals surface area contributed by atoms with Gasteiger partial charge in [-0.15, -0.1) is 23.5 Å². The minimum atomic E-state index is 0.147. The van der Waals surface area contributed by atoms with Crippen LogP contribution in [-0.4, -0.2) is 74.3 Å². The number of amides is 1. The second-order valence-corrected chi connectivity index (χ2v) is 11.0. The van der Waals surface area contributed by atoms with Crippen molar-refractivity contribution in [3.8, 4) is 5.75 Å². The number of methoxy groups -OCH3 is 1. The van der Waals surface area contributed by atoms with Crippen LogP contribution in [0.2, 0.25) is 0 Å². The molecule has 9 heteroatoms. The summed E-state index contributed by atoms with van der Waals surface area (Å²) >= 11 is 5.07. The Balaban J connectivity index is 1.40. The lowest BCUT2D eigenvalue weighted by molar-refractivity contribution is -0.118. The van der Waals surface area contributed by atoms with E-state index in [1.807, 2.05) is 17.0 Å². The van der Waals surface area contributed by atoms with Gasteiger partial charge in [0.25, 0.3) is 0 Å². The molecule has 1 fully saturated rings. The first-order chi connectivity index (χ1) is 16.7. The number of anilines is 1. The maximum atomic E-state index is 13.4. The topological polar surface area (TPSA) is 54.9 Å². The van der Waals surface area contributed by atoms with E-state index in [2.05, 4.69) is 41.5 Å². The predicted molar refractivity (Wildman–Crippen MR) is 144 cm³/mol. The van der Waals surface area contributed by atoms with Gasteiger partial charge < -0.3 is 9.47 Å². The molecule has 0 N–H and O–H groups in total. The summed E-state index contributed by atoms with van der Waals surface area (Å²) in [5.74, 6) is 1.90. The number of ether oxygens (including phenoxy) is 2. The van der Waals surface area contributed by atoms with Gasteiger partial charge in [-0.3, -0.25) is 14.6 Å². The molecule has 1 aliphatic rings. The van der Waals surface area contributed by atoms with Crippen LogP contribution < -0.4 is 9.64 Å². The molecule has 1 aromatic heterocycles. The van der Waals surface area contributed by atoms with Crippen LogP contribution in [0.3, 0.4) is 0 Å². The number of fused-ring (bicyclic) bond motifs is 1. The predicted octanol–water partition coefficient (Wildman–Crippen LogP) is 5.26. The second-order valence-electron chi connectivity index (χ2n) is 7.93. The Hall–Kier alpha value is -1.78. The maximum Gasteiger partial charge on any atom is 0.228 e. The zero-order valence-electron chi connectivity index (χ0n) is 19.7. The highest BCUT2D eigenvalue weighted by Gasteiger charge is 2.22. The van der Waals surface area contributed by atoms with E-state index in [1.165, 1.54) is 4.90 Å². The highest BCUT2D eigenvalue weighted by atomic mass is 32.2. The summed E-state index contributed by atoms with van der Waals surface area (Å²) in [5.41, 5.74) is 0.995. The number of carbonyl (C=O) groups is 1. The lowest BCUT2D eigenvalue weighted by Gasteiger charge is -2.29. The summed E-state index contributed by atoms with van der Waals surface area (Å²) in [5, 5.41) is 0.803. The smallest absolute Gasteiger partial charge is 0.228 e. The monoisotopic (exact) mass is 517 g/mol. The van der Waals surface area contributed by atoms with Crippen LogP contribution in [0.25, 0.3) is 10.2 Å². The van der Waals surface area contributed by atoms with Crippen molar-refractivity contribution >= 4 is 56.1 Å². The van der Waals surface area contributed by atoms with Crippen molar-refractivity contribution in [3.05, 3.63) is 42.5 Å². The number of rotatable bonds is 11. The van der Waals surface area contributed by atoms with Crippen LogP contribution in [0.5, 0.6) is 5.75 Å². The number of benzene rings is 2. The van der Waals surface area contributed by atoms with E-state index in [-0.39, 0.29) is 5.91 Å². The molecule has 0 radical (unpaired) electrons. The molecule has 0 atom stereocenters. The van der Waals surface area contributed by atoms with Gasteiger partial charge in [0, 0.05) is 42.4 Å². The van der Waals surface area contributed by atoms with Crippen LogP contribution in [0.1, 0.15) is 12.8 Å². The first-order valence-corrected chi connectivity index (χ1v) is 14.5. The fourth-order valence-corrected chi connectivity index (χ4v) is 6.32. The number of morpholine rings is 1. The zero-order chi connectivity index (χ0) is 23.8. The number of thioether (sulfide) groups is 2. The minimum Gasteiger partial charge on any atom is -0.497 e.